The van der Waals surface area contributed by atoms with Gasteiger partial charge in [0.15, 0.2) is 4.32 Å². The minimum absolute atomic E-state index is 0.117. The smallest absolute Gasteiger partial charge is 0.285 e. The molecule has 0 saturated carbocycles. The van der Waals surface area contributed by atoms with Crippen LogP contribution in [-0.4, -0.2) is 26.3 Å². The number of benzene rings is 1. The van der Waals surface area contributed by atoms with Gasteiger partial charge in [0.25, 0.3) is 5.91 Å². The molecule has 1 aromatic rings. The predicted octanol–water partition coefficient (Wildman–Crippen LogP) is 1.64. The summed E-state index contributed by atoms with van der Waals surface area (Å²) < 4.78 is 0.270. The summed E-state index contributed by atoms with van der Waals surface area (Å²) in [5.41, 5.74) is 3.04. The van der Waals surface area contributed by atoms with Gasteiger partial charge in [0.2, 0.25) is 5.91 Å². The summed E-state index contributed by atoms with van der Waals surface area (Å²) in [6, 6.07) is 6.51. The molecule has 0 bridgehead atoms. The second kappa shape index (κ2) is 5.41. The van der Waals surface area contributed by atoms with E-state index in [2.05, 4.69) is 5.43 Å². The maximum absolute atomic E-state index is 12.0. The average Bonchev–Trinajstić information content (AvgIpc) is 2.57. The van der Waals surface area contributed by atoms with E-state index in [9.17, 15) is 14.7 Å². The molecule has 7 heteroatoms. The first-order valence-corrected chi connectivity index (χ1v) is 6.54. The van der Waals surface area contributed by atoms with Crippen LogP contribution in [0.5, 0.6) is 5.75 Å². The number of hydrogen-bond acceptors (Lipinski definition) is 5. The fourth-order valence-corrected chi connectivity index (χ4v) is 2.67. The monoisotopic (exact) mass is 294 g/mol. The van der Waals surface area contributed by atoms with Crippen molar-refractivity contribution in [2.75, 3.05) is 0 Å². The van der Waals surface area contributed by atoms with Gasteiger partial charge in [-0.3, -0.25) is 15.0 Å². The molecule has 98 valence electrons. The van der Waals surface area contributed by atoms with Gasteiger partial charge in [-0.15, -0.1) is 0 Å². The molecule has 1 aliphatic rings. The topological polar surface area (TPSA) is 69.6 Å². The van der Waals surface area contributed by atoms with Crippen LogP contribution < -0.4 is 5.43 Å². The number of carbonyl (C=O) groups excluding carboxylic acids is 2. The number of hydrazine groups is 1. The van der Waals surface area contributed by atoms with Gasteiger partial charge in [0, 0.05) is 6.92 Å². The second-order valence-corrected chi connectivity index (χ2v) is 5.46. The Kier molecular flexibility index (Phi) is 3.87. The number of nitrogens with one attached hydrogen (secondary N) is 1. The molecule has 2 rings (SSSR count). The Morgan fingerprint density at radius 3 is 2.89 bits per heavy atom. The second-order valence-electron chi connectivity index (χ2n) is 3.78. The van der Waals surface area contributed by atoms with E-state index >= 15 is 0 Å². The summed E-state index contributed by atoms with van der Waals surface area (Å²) in [4.78, 5) is 23.4. The molecule has 1 heterocycles. The number of hydrogen-bond donors (Lipinski definition) is 2. The van der Waals surface area contributed by atoms with Gasteiger partial charge in [0.05, 0.1) is 4.91 Å². The molecule has 1 aliphatic heterocycles. The molecule has 2 N–H and O–H groups in total. The predicted molar refractivity (Wildman–Crippen MR) is 76.9 cm³/mol. The zero-order chi connectivity index (χ0) is 14.0. The van der Waals surface area contributed by atoms with E-state index in [4.69, 9.17) is 12.2 Å². The van der Waals surface area contributed by atoms with Crippen LogP contribution in [0.25, 0.3) is 6.08 Å². The van der Waals surface area contributed by atoms with E-state index in [1.54, 1.807) is 24.3 Å². The molecular weight excluding hydrogens is 284 g/mol. The highest BCUT2D eigenvalue weighted by atomic mass is 32.2. The van der Waals surface area contributed by atoms with E-state index in [1.807, 2.05) is 0 Å². The van der Waals surface area contributed by atoms with Gasteiger partial charge >= 0.3 is 0 Å². The third-order valence-electron chi connectivity index (χ3n) is 2.23. The third-order valence-corrected chi connectivity index (χ3v) is 3.53. The Labute approximate surface area is 119 Å². The number of rotatable bonds is 2. The molecule has 0 radical (unpaired) electrons. The Bertz CT molecular complexity index is 598. The lowest BCUT2D eigenvalue weighted by molar-refractivity contribution is -0.131. The van der Waals surface area contributed by atoms with E-state index < -0.39 is 0 Å². The number of nitrogens with zero attached hydrogens (tertiary/aromatic N) is 1. The van der Waals surface area contributed by atoms with Crippen LogP contribution in [0.3, 0.4) is 0 Å². The van der Waals surface area contributed by atoms with Crippen LogP contribution in [0.2, 0.25) is 0 Å². The maximum Gasteiger partial charge on any atom is 0.285 e. The van der Waals surface area contributed by atoms with Crippen LogP contribution in [0.15, 0.2) is 29.2 Å². The number of carbonyl (C=O) groups is 2. The Morgan fingerprint density at radius 1 is 1.53 bits per heavy atom. The van der Waals surface area contributed by atoms with Gasteiger partial charge < -0.3 is 5.11 Å². The van der Waals surface area contributed by atoms with Crippen LogP contribution in [0, 0.1) is 0 Å². The fraction of sp³-hybridized carbons (Fsp3) is 0.0833. The number of aromatic hydroxyl groups is 1. The highest BCUT2D eigenvalue weighted by Crippen LogP contribution is 2.31. The normalized spacial score (nSPS) is 17.1. The SMILES string of the molecule is CC(=O)NN1C(=O)/C(=C/c2cccc(O)c2)SC1=S. The molecule has 0 spiro atoms. The Morgan fingerprint density at radius 2 is 2.26 bits per heavy atom. The molecule has 1 fully saturated rings. The van der Waals surface area contributed by atoms with Crippen molar-refractivity contribution in [3.63, 3.8) is 0 Å². The van der Waals surface area contributed by atoms with Crippen molar-refractivity contribution in [1.82, 2.24) is 10.4 Å². The van der Waals surface area contributed by atoms with Gasteiger partial charge in [0.1, 0.15) is 5.75 Å². The van der Waals surface area contributed by atoms with Crippen molar-refractivity contribution in [2.45, 2.75) is 6.92 Å². The molecule has 0 unspecified atom stereocenters. The molecule has 19 heavy (non-hydrogen) atoms. The summed E-state index contributed by atoms with van der Waals surface area (Å²) in [7, 11) is 0. The zero-order valence-corrected chi connectivity index (χ0v) is 11.5. The number of amides is 2. The lowest BCUT2D eigenvalue weighted by atomic mass is 10.2. The molecule has 0 atom stereocenters. The standard InChI is InChI=1S/C12H10N2O3S2/c1-7(15)13-14-11(17)10(19-12(14)18)6-8-3-2-4-9(16)5-8/h2-6,16H,1H3,(H,13,15)/b10-6-. The average molecular weight is 294 g/mol. The first-order valence-electron chi connectivity index (χ1n) is 5.31. The fourth-order valence-electron chi connectivity index (χ4n) is 1.49. The lowest BCUT2D eigenvalue weighted by Gasteiger charge is -2.13. The summed E-state index contributed by atoms with van der Waals surface area (Å²) in [6.45, 7) is 1.30. The molecule has 5 nitrogen and oxygen atoms in total. The van der Waals surface area contributed by atoms with Crippen LogP contribution >= 0.6 is 24.0 Å². The largest absolute Gasteiger partial charge is 0.508 e. The Balaban J connectivity index is 2.25. The molecule has 2 amide bonds. The molecule has 1 saturated heterocycles. The number of phenolic OH excluding ortho intramolecular Hbond substituents is 1. The first kappa shape index (κ1) is 13.6. The van der Waals surface area contributed by atoms with Gasteiger partial charge in [-0.25, -0.2) is 0 Å². The highest BCUT2D eigenvalue weighted by Gasteiger charge is 2.32. The van der Waals surface area contributed by atoms with Crippen molar-refractivity contribution in [3.05, 3.63) is 34.7 Å². The van der Waals surface area contributed by atoms with Crippen LogP contribution in [0.4, 0.5) is 0 Å². The summed E-state index contributed by atoms with van der Waals surface area (Å²) in [5.74, 6) is -0.630. The van der Waals surface area contributed by atoms with Crippen molar-refractivity contribution in [3.8, 4) is 5.75 Å². The van der Waals surface area contributed by atoms with E-state index in [0.29, 0.717) is 10.5 Å². The highest BCUT2D eigenvalue weighted by molar-refractivity contribution is 8.26. The summed E-state index contributed by atoms with van der Waals surface area (Å²) >= 11 is 6.12. The van der Waals surface area contributed by atoms with Crippen molar-refractivity contribution in [1.29, 1.82) is 0 Å². The quantitative estimate of drug-likeness (QED) is 0.641. The van der Waals surface area contributed by atoms with E-state index in [1.165, 1.54) is 13.0 Å². The van der Waals surface area contributed by atoms with Gasteiger partial charge in [-0.05, 0) is 36.0 Å². The van der Waals surface area contributed by atoms with Crippen LogP contribution in [0.1, 0.15) is 12.5 Å². The summed E-state index contributed by atoms with van der Waals surface area (Å²) in [5, 5.41) is 10.4. The van der Waals surface area contributed by atoms with Crippen molar-refractivity contribution < 1.29 is 14.7 Å². The minimum Gasteiger partial charge on any atom is -0.508 e. The number of thiocarbonyl (C=S) groups is 1. The van der Waals surface area contributed by atoms with Crippen LogP contribution in [-0.2, 0) is 9.59 Å². The lowest BCUT2D eigenvalue weighted by Crippen LogP contribution is -2.43. The zero-order valence-electron chi connectivity index (χ0n) is 9.91. The van der Waals surface area contributed by atoms with E-state index in [-0.39, 0.29) is 21.9 Å². The molecule has 0 aromatic heterocycles. The Hall–Kier alpha value is -1.86. The molecule has 1 aromatic carbocycles. The summed E-state index contributed by atoms with van der Waals surface area (Å²) in [6.07, 6.45) is 1.61. The molecule has 0 aliphatic carbocycles. The maximum atomic E-state index is 12.0. The minimum atomic E-state index is -0.381. The van der Waals surface area contributed by atoms with Gasteiger partial charge in [-0.2, -0.15) is 5.01 Å². The molecular formula is C12H10N2O3S2. The van der Waals surface area contributed by atoms with E-state index in [0.717, 1.165) is 16.8 Å². The van der Waals surface area contributed by atoms with Gasteiger partial charge in [-0.1, -0.05) is 23.9 Å². The van der Waals surface area contributed by atoms with Crippen molar-refractivity contribution in [2.24, 2.45) is 0 Å². The number of thioether (sulfide) groups is 1. The third kappa shape index (κ3) is 3.12. The number of phenols is 1. The van der Waals surface area contributed by atoms with Crippen molar-refractivity contribution >= 4 is 46.2 Å². The first-order chi connectivity index (χ1) is 8.97.